The van der Waals surface area contributed by atoms with Crippen LogP contribution in [-0.4, -0.2) is 49.1 Å². The number of rotatable bonds is 16. The summed E-state index contributed by atoms with van der Waals surface area (Å²) in [5.41, 5.74) is 5.52. The number of unbranched alkanes of at least 4 members (excludes halogenated alkanes) is 5. The molecule has 3 aromatic carbocycles. The van der Waals surface area contributed by atoms with Crippen LogP contribution in [0.15, 0.2) is 78.0 Å². The van der Waals surface area contributed by atoms with Gasteiger partial charge in [-0.2, -0.15) is 0 Å². The van der Waals surface area contributed by atoms with E-state index in [0.29, 0.717) is 17.5 Å². The zero-order valence-electron chi connectivity index (χ0n) is 24.4. The van der Waals surface area contributed by atoms with Gasteiger partial charge in [-0.3, -0.25) is 4.90 Å². The Kier molecular flexibility index (Phi) is 13.0. The number of halogens is 1. The lowest BCUT2D eigenvalue weighted by atomic mass is 9.97. The van der Waals surface area contributed by atoms with Crippen LogP contribution in [0.3, 0.4) is 0 Å². The molecule has 1 aliphatic rings. The van der Waals surface area contributed by atoms with Crippen molar-refractivity contribution in [2.24, 2.45) is 11.1 Å². The fourth-order valence-electron chi connectivity index (χ4n) is 5.52. The molecule has 0 aliphatic carbocycles. The second-order valence-corrected chi connectivity index (χ2v) is 11.5. The van der Waals surface area contributed by atoms with Crippen LogP contribution in [0.2, 0.25) is 5.02 Å². The highest BCUT2D eigenvalue weighted by Gasteiger charge is 2.20. The Bertz CT molecular complexity index is 1210. The van der Waals surface area contributed by atoms with Gasteiger partial charge in [0, 0.05) is 29.3 Å². The minimum absolute atomic E-state index is 0.325. The van der Waals surface area contributed by atoms with Crippen LogP contribution < -0.4 is 4.74 Å². The van der Waals surface area contributed by atoms with E-state index < -0.39 is 0 Å². The molecular weight excluding hydrogens is 532 g/mol. The van der Waals surface area contributed by atoms with Crippen molar-refractivity contribution in [2.75, 3.05) is 33.4 Å². The Morgan fingerprint density at radius 3 is 2.32 bits per heavy atom. The van der Waals surface area contributed by atoms with Crippen LogP contribution in [0.25, 0.3) is 0 Å². The first-order valence-corrected chi connectivity index (χ1v) is 15.5. The number of piperidine rings is 1. The molecule has 0 aromatic heterocycles. The Balaban J connectivity index is 1.20. The summed E-state index contributed by atoms with van der Waals surface area (Å²) in [6, 6.07) is 24.8. The lowest BCUT2D eigenvalue weighted by molar-refractivity contribution is 0.136. The van der Waals surface area contributed by atoms with Gasteiger partial charge in [0.2, 0.25) is 0 Å². The summed E-state index contributed by atoms with van der Waals surface area (Å²) in [7, 11) is 1.56. The Morgan fingerprint density at radius 1 is 0.854 bits per heavy atom. The average molecular weight is 577 g/mol. The number of nitrogens with zero attached hydrogens (tertiary/aromatic N) is 2. The SMILES string of the molecule is CON=C(c1ccc(Cl)cc1)c1cccc(OCC2CCN(Cc3cccc(CCCCCCCCO)c3)CC2)c1. The van der Waals surface area contributed by atoms with Gasteiger partial charge >= 0.3 is 0 Å². The van der Waals surface area contributed by atoms with Crippen molar-refractivity contribution >= 4 is 17.3 Å². The molecule has 0 unspecified atom stereocenters. The topological polar surface area (TPSA) is 54.3 Å². The van der Waals surface area contributed by atoms with E-state index in [-0.39, 0.29) is 0 Å². The van der Waals surface area contributed by atoms with Gasteiger partial charge in [0.05, 0.1) is 6.61 Å². The van der Waals surface area contributed by atoms with Gasteiger partial charge in [-0.25, -0.2) is 0 Å². The summed E-state index contributed by atoms with van der Waals surface area (Å²) in [6.07, 6.45) is 10.6. The van der Waals surface area contributed by atoms with Gasteiger partial charge in [0.25, 0.3) is 0 Å². The van der Waals surface area contributed by atoms with E-state index >= 15 is 0 Å². The lowest BCUT2D eigenvalue weighted by Gasteiger charge is -2.32. The van der Waals surface area contributed by atoms with E-state index in [1.807, 2.05) is 48.5 Å². The van der Waals surface area contributed by atoms with E-state index in [1.54, 1.807) is 7.11 Å². The zero-order chi connectivity index (χ0) is 28.7. The fourth-order valence-corrected chi connectivity index (χ4v) is 5.65. The van der Waals surface area contributed by atoms with Gasteiger partial charge in [0.1, 0.15) is 18.6 Å². The summed E-state index contributed by atoms with van der Waals surface area (Å²) >= 11 is 6.07. The van der Waals surface area contributed by atoms with Crippen LogP contribution in [0, 0.1) is 5.92 Å². The van der Waals surface area contributed by atoms with E-state index in [9.17, 15) is 0 Å². The van der Waals surface area contributed by atoms with Crippen LogP contribution in [0.5, 0.6) is 5.75 Å². The molecule has 41 heavy (non-hydrogen) atoms. The Labute approximate surface area is 251 Å². The smallest absolute Gasteiger partial charge is 0.119 e. The number of likely N-dealkylation sites (tertiary alicyclic amines) is 1. The number of benzene rings is 3. The first-order chi connectivity index (χ1) is 20.1. The largest absolute Gasteiger partial charge is 0.493 e. The first kappa shape index (κ1) is 31.1. The van der Waals surface area contributed by atoms with E-state index in [1.165, 1.54) is 36.8 Å². The van der Waals surface area contributed by atoms with Crippen LogP contribution >= 0.6 is 11.6 Å². The molecule has 0 atom stereocenters. The minimum atomic E-state index is 0.325. The molecule has 5 nitrogen and oxygen atoms in total. The van der Waals surface area contributed by atoms with E-state index in [2.05, 4.69) is 34.3 Å². The molecule has 220 valence electrons. The number of hydrogen-bond donors (Lipinski definition) is 1. The van der Waals surface area contributed by atoms with Crippen molar-refractivity contribution < 1.29 is 14.7 Å². The third-order valence-corrected chi connectivity index (χ3v) is 8.12. The van der Waals surface area contributed by atoms with Gasteiger partial charge < -0.3 is 14.7 Å². The summed E-state index contributed by atoms with van der Waals surface area (Å²) in [6.45, 7) is 4.29. The summed E-state index contributed by atoms with van der Waals surface area (Å²) in [5, 5.41) is 13.9. The van der Waals surface area contributed by atoms with E-state index in [4.69, 9.17) is 26.3 Å². The Morgan fingerprint density at radius 2 is 1.56 bits per heavy atom. The number of oxime groups is 1. The van der Waals surface area contributed by atoms with Gasteiger partial charge in [-0.15, -0.1) is 0 Å². The monoisotopic (exact) mass is 576 g/mol. The molecule has 3 aromatic rings. The van der Waals surface area contributed by atoms with Gasteiger partial charge in [-0.1, -0.05) is 91.0 Å². The molecule has 0 bridgehead atoms. The molecule has 0 saturated carbocycles. The average Bonchev–Trinajstić information content (AvgIpc) is 3.00. The summed E-state index contributed by atoms with van der Waals surface area (Å²) < 4.78 is 6.27. The number of ether oxygens (including phenoxy) is 1. The zero-order valence-corrected chi connectivity index (χ0v) is 25.2. The molecule has 1 saturated heterocycles. The molecular formula is C35H45ClN2O3. The normalized spacial score (nSPS) is 14.8. The van der Waals surface area contributed by atoms with Crippen molar-refractivity contribution in [1.29, 1.82) is 0 Å². The number of aryl methyl sites for hydroxylation is 1. The highest BCUT2D eigenvalue weighted by atomic mass is 35.5. The van der Waals surface area contributed by atoms with Crippen LogP contribution in [-0.2, 0) is 17.8 Å². The van der Waals surface area contributed by atoms with Crippen molar-refractivity contribution in [1.82, 2.24) is 4.90 Å². The van der Waals surface area contributed by atoms with Crippen LogP contribution in [0.1, 0.15) is 73.6 Å². The third-order valence-electron chi connectivity index (χ3n) is 7.87. The third kappa shape index (κ3) is 10.5. The fraction of sp³-hybridized carbons (Fsp3) is 0.457. The quantitative estimate of drug-likeness (QED) is 0.107. The maximum atomic E-state index is 8.90. The number of hydrogen-bond acceptors (Lipinski definition) is 5. The summed E-state index contributed by atoms with van der Waals surface area (Å²) in [5.74, 6) is 1.41. The van der Waals surface area contributed by atoms with Gasteiger partial charge in [-0.05, 0) is 86.5 Å². The van der Waals surface area contributed by atoms with Crippen molar-refractivity contribution in [3.63, 3.8) is 0 Å². The van der Waals surface area contributed by atoms with E-state index in [0.717, 1.165) is 80.9 Å². The standard InChI is InChI=1S/C35H45ClN2O3/c1-40-37-35(31-15-17-33(36)18-16-31)32-13-9-14-34(25-32)41-27-29-19-21-38(22-20-29)26-30-12-8-11-28(24-30)10-6-4-2-3-5-7-23-39/h8-9,11-18,24-25,29,39H,2-7,10,19-23,26-27H2,1H3. The molecule has 1 fully saturated rings. The molecule has 0 radical (unpaired) electrons. The molecule has 4 rings (SSSR count). The number of aliphatic hydroxyl groups is 1. The predicted octanol–water partition coefficient (Wildman–Crippen LogP) is 7.91. The maximum absolute atomic E-state index is 8.90. The molecule has 1 aliphatic heterocycles. The number of aliphatic hydroxyl groups excluding tert-OH is 1. The van der Waals surface area contributed by atoms with Crippen molar-refractivity contribution in [2.45, 2.75) is 64.3 Å². The molecule has 1 N–H and O–H groups in total. The molecule has 0 spiro atoms. The van der Waals surface area contributed by atoms with Crippen LogP contribution in [0.4, 0.5) is 0 Å². The highest BCUT2D eigenvalue weighted by Crippen LogP contribution is 2.24. The van der Waals surface area contributed by atoms with Crippen molar-refractivity contribution in [3.05, 3.63) is 100 Å². The van der Waals surface area contributed by atoms with Crippen molar-refractivity contribution in [3.8, 4) is 5.75 Å². The van der Waals surface area contributed by atoms with Gasteiger partial charge in [0.15, 0.2) is 0 Å². The Hall–Kier alpha value is -2.86. The molecule has 0 amide bonds. The second-order valence-electron chi connectivity index (χ2n) is 11.1. The maximum Gasteiger partial charge on any atom is 0.119 e. The molecule has 6 heteroatoms. The second kappa shape index (κ2) is 17.2. The first-order valence-electron chi connectivity index (χ1n) is 15.2. The lowest BCUT2D eigenvalue weighted by Crippen LogP contribution is -2.35. The minimum Gasteiger partial charge on any atom is -0.493 e. The predicted molar refractivity (Wildman–Crippen MR) is 169 cm³/mol. The highest BCUT2D eigenvalue weighted by molar-refractivity contribution is 6.30. The summed E-state index contributed by atoms with van der Waals surface area (Å²) in [4.78, 5) is 7.72. The molecule has 1 heterocycles.